The minimum atomic E-state index is -0.308. The molecular formula is C19H26FNO3. The van der Waals surface area contributed by atoms with E-state index in [1.807, 2.05) is 4.90 Å². The molecule has 1 aliphatic carbocycles. The van der Waals surface area contributed by atoms with E-state index in [1.54, 1.807) is 12.1 Å². The van der Waals surface area contributed by atoms with Gasteiger partial charge >= 0.3 is 5.97 Å². The molecule has 0 saturated heterocycles. The van der Waals surface area contributed by atoms with Crippen molar-refractivity contribution in [2.24, 2.45) is 0 Å². The van der Waals surface area contributed by atoms with E-state index in [0.717, 1.165) is 31.2 Å². The van der Waals surface area contributed by atoms with Gasteiger partial charge in [0.15, 0.2) is 0 Å². The minimum Gasteiger partial charge on any atom is -0.469 e. The van der Waals surface area contributed by atoms with Crippen molar-refractivity contribution in [3.63, 3.8) is 0 Å². The van der Waals surface area contributed by atoms with Gasteiger partial charge in [0.25, 0.3) is 0 Å². The van der Waals surface area contributed by atoms with Gasteiger partial charge in [-0.2, -0.15) is 0 Å². The van der Waals surface area contributed by atoms with Crippen molar-refractivity contribution in [3.8, 4) is 0 Å². The van der Waals surface area contributed by atoms with E-state index in [1.165, 1.54) is 32.1 Å². The molecular weight excluding hydrogens is 309 g/mol. The molecule has 24 heavy (non-hydrogen) atoms. The maximum atomic E-state index is 13.0. The molecule has 1 aliphatic rings. The molecule has 1 amide bonds. The number of rotatable bonds is 6. The SMILES string of the molecule is COC(=O)CCN(C(=O)Cc1ccc(F)cc1)C1CCCCCC1. The highest BCUT2D eigenvalue weighted by Gasteiger charge is 2.25. The van der Waals surface area contributed by atoms with Gasteiger partial charge in [-0.05, 0) is 30.5 Å². The molecule has 0 aliphatic heterocycles. The Bertz CT molecular complexity index is 536. The van der Waals surface area contributed by atoms with Crippen LogP contribution in [0.25, 0.3) is 0 Å². The quantitative estimate of drug-likeness (QED) is 0.591. The largest absolute Gasteiger partial charge is 0.469 e. The molecule has 5 heteroatoms. The molecule has 0 spiro atoms. The molecule has 0 bridgehead atoms. The molecule has 0 atom stereocenters. The van der Waals surface area contributed by atoms with E-state index in [-0.39, 0.29) is 36.6 Å². The van der Waals surface area contributed by atoms with Gasteiger partial charge in [0, 0.05) is 12.6 Å². The Balaban J connectivity index is 2.05. The summed E-state index contributed by atoms with van der Waals surface area (Å²) in [6, 6.07) is 6.20. The number of carbonyl (C=O) groups excluding carboxylic acids is 2. The van der Waals surface area contributed by atoms with Gasteiger partial charge in [0.1, 0.15) is 5.82 Å². The van der Waals surface area contributed by atoms with Crippen LogP contribution in [0, 0.1) is 5.82 Å². The lowest BCUT2D eigenvalue weighted by Gasteiger charge is -2.31. The van der Waals surface area contributed by atoms with Crippen molar-refractivity contribution in [3.05, 3.63) is 35.6 Å². The molecule has 0 heterocycles. The Labute approximate surface area is 143 Å². The minimum absolute atomic E-state index is 0.00240. The fraction of sp³-hybridized carbons (Fsp3) is 0.579. The third kappa shape index (κ3) is 5.62. The zero-order chi connectivity index (χ0) is 17.4. The third-order valence-corrected chi connectivity index (χ3v) is 4.64. The van der Waals surface area contributed by atoms with Crippen LogP contribution in [0.5, 0.6) is 0 Å². The average molecular weight is 335 g/mol. The van der Waals surface area contributed by atoms with Crippen molar-refractivity contribution >= 4 is 11.9 Å². The van der Waals surface area contributed by atoms with Crippen molar-refractivity contribution in [2.45, 2.75) is 57.4 Å². The summed E-state index contributed by atoms with van der Waals surface area (Å²) in [7, 11) is 1.36. The number of hydrogen-bond donors (Lipinski definition) is 0. The fourth-order valence-electron chi connectivity index (χ4n) is 3.27. The van der Waals surface area contributed by atoms with Crippen LogP contribution in [0.4, 0.5) is 4.39 Å². The maximum absolute atomic E-state index is 13.0. The van der Waals surface area contributed by atoms with Crippen LogP contribution in [0.2, 0.25) is 0 Å². The van der Waals surface area contributed by atoms with Gasteiger partial charge in [-0.25, -0.2) is 4.39 Å². The van der Waals surface area contributed by atoms with Crippen LogP contribution in [-0.4, -0.2) is 36.5 Å². The van der Waals surface area contributed by atoms with E-state index >= 15 is 0 Å². The molecule has 4 nitrogen and oxygen atoms in total. The van der Waals surface area contributed by atoms with Crippen LogP contribution in [0.1, 0.15) is 50.5 Å². The Morgan fingerprint density at radius 1 is 1.12 bits per heavy atom. The molecule has 1 saturated carbocycles. The Morgan fingerprint density at radius 3 is 2.33 bits per heavy atom. The van der Waals surface area contributed by atoms with Crippen LogP contribution >= 0.6 is 0 Å². The average Bonchev–Trinajstić information content (AvgIpc) is 2.86. The second kappa shape index (κ2) is 9.40. The van der Waals surface area contributed by atoms with Crippen LogP contribution < -0.4 is 0 Å². The van der Waals surface area contributed by atoms with Gasteiger partial charge in [0.2, 0.25) is 5.91 Å². The number of esters is 1. The summed E-state index contributed by atoms with van der Waals surface area (Å²) in [4.78, 5) is 26.1. The summed E-state index contributed by atoms with van der Waals surface area (Å²) in [6.45, 7) is 0.386. The van der Waals surface area contributed by atoms with Crippen molar-refractivity contribution in [1.82, 2.24) is 4.90 Å². The third-order valence-electron chi connectivity index (χ3n) is 4.64. The van der Waals surface area contributed by atoms with E-state index in [0.29, 0.717) is 6.54 Å². The summed E-state index contributed by atoms with van der Waals surface area (Å²) in [5.41, 5.74) is 0.790. The zero-order valence-corrected chi connectivity index (χ0v) is 14.3. The second-order valence-electron chi connectivity index (χ2n) is 6.36. The van der Waals surface area contributed by atoms with Crippen LogP contribution in [-0.2, 0) is 20.7 Å². The Hall–Kier alpha value is -1.91. The van der Waals surface area contributed by atoms with E-state index in [2.05, 4.69) is 0 Å². The number of hydrogen-bond acceptors (Lipinski definition) is 3. The van der Waals surface area contributed by atoms with Crippen molar-refractivity contribution in [2.75, 3.05) is 13.7 Å². The van der Waals surface area contributed by atoms with Crippen molar-refractivity contribution < 1.29 is 18.7 Å². The first-order valence-corrected chi connectivity index (χ1v) is 8.71. The number of methoxy groups -OCH3 is 1. The topological polar surface area (TPSA) is 46.6 Å². The molecule has 0 N–H and O–H groups in total. The standard InChI is InChI=1S/C19H26FNO3/c1-24-19(23)12-13-21(17-6-4-2-3-5-7-17)18(22)14-15-8-10-16(20)11-9-15/h8-11,17H,2-7,12-14H2,1H3. The number of amides is 1. The van der Waals surface area contributed by atoms with Gasteiger partial charge in [-0.15, -0.1) is 0 Å². The lowest BCUT2D eigenvalue weighted by molar-refractivity contribution is -0.142. The highest BCUT2D eigenvalue weighted by molar-refractivity contribution is 5.80. The molecule has 0 aromatic heterocycles. The molecule has 132 valence electrons. The van der Waals surface area contributed by atoms with Crippen molar-refractivity contribution in [1.29, 1.82) is 0 Å². The highest BCUT2D eigenvalue weighted by Crippen LogP contribution is 2.23. The van der Waals surface area contributed by atoms with Gasteiger partial charge < -0.3 is 9.64 Å². The number of carbonyl (C=O) groups is 2. The highest BCUT2D eigenvalue weighted by atomic mass is 19.1. The van der Waals surface area contributed by atoms with Gasteiger partial charge in [0.05, 0.1) is 20.0 Å². The van der Waals surface area contributed by atoms with Crippen LogP contribution in [0.15, 0.2) is 24.3 Å². The Kier molecular flexibility index (Phi) is 7.22. The summed E-state index contributed by atoms with van der Waals surface area (Å²) in [5.74, 6) is -0.613. The first-order chi connectivity index (χ1) is 11.6. The predicted octanol–water partition coefficient (Wildman–Crippen LogP) is 3.48. The Morgan fingerprint density at radius 2 is 1.75 bits per heavy atom. The lowest BCUT2D eigenvalue weighted by Crippen LogP contribution is -2.42. The molecule has 1 aromatic rings. The van der Waals surface area contributed by atoms with Gasteiger partial charge in [-0.1, -0.05) is 37.8 Å². The summed E-state index contributed by atoms with van der Waals surface area (Å²) in [5, 5.41) is 0. The smallest absolute Gasteiger partial charge is 0.307 e. The maximum Gasteiger partial charge on any atom is 0.307 e. The summed E-state index contributed by atoms with van der Waals surface area (Å²) in [6.07, 6.45) is 7.04. The zero-order valence-electron chi connectivity index (χ0n) is 14.3. The van der Waals surface area contributed by atoms with E-state index < -0.39 is 0 Å². The number of halogens is 1. The van der Waals surface area contributed by atoms with Crippen LogP contribution in [0.3, 0.4) is 0 Å². The normalized spacial score (nSPS) is 15.6. The van der Waals surface area contributed by atoms with E-state index in [9.17, 15) is 14.0 Å². The lowest BCUT2D eigenvalue weighted by atomic mass is 10.0. The summed E-state index contributed by atoms with van der Waals surface area (Å²) < 4.78 is 17.7. The molecule has 0 unspecified atom stereocenters. The molecule has 0 radical (unpaired) electrons. The first-order valence-electron chi connectivity index (χ1n) is 8.71. The predicted molar refractivity (Wildman–Crippen MR) is 89.9 cm³/mol. The number of ether oxygens (including phenoxy) is 1. The molecule has 1 aromatic carbocycles. The second-order valence-corrected chi connectivity index (χ2v) is 6.36. The first kappa shape index (κ1) is 18.4. The fourth-order valence-corrected chi connectivity index (χ4v) is 3.27. The molecule has 1 fully saturated rings. The number of nitrogens with zero attached hydrogens (tertiary/aromatic N) is 1. The number of benzene rings is 1. The van der Waals surface area contributed by atoms with E-state index in [4.69, 9.17) is 4.74 Å². The molecule has 2 rings (SSSR count). The summed E-state index contributed by atoms with van der Waals surface area (Å²) >= 11 is 0. The van der Waals surface area contributed by atoms with Gasteiger partial charge in [-0.3, -0.25) is 9.59 Å². The monoisotopic (exact) mass is 335 g/mol.